The Morgan fingerprint density at radius 3 is 1.34 bits per heavy atom. The number of amides is 6. The second kappa shape index (κ2) is 53.8. The summed E-state index contributed by atoms with van der Waals surface area (Å²) in [5, 5.41) is 32.2. The van der Waals surface area contributed by atoms with Gasteiger partial charge in [-0.3, -0.25) is 19.2 Å². The van der Waals surface area contributed by atoms with E-state index in [0.29, 0.717) is 74.1 Å². The smallest absolute Gasteiger partial charge is 0.409 e. The van der Waals surface area contributed by atoms with E-state index in [1.807, 2.05) is 83.3 Å². The molecule has 4 N–H and O–H groups in total. The molecule has 2 unspecified atom stereocenters. The number of aliphatic hydroxyl groups is 3. The monoisotopic (exact) mass is 1200 g/mol. The number of ether oxygens (including phenoxy) is 4. The second-order valence-electron chi connectivity index (χ2n) is 25.3. The van der Waals surface area contributed by atoms with E-state index in [9.17, 15) is 44.1 Å². The molecule has 0 spiro atoms. The minimum Gasteiger partial charge on any atom is -0.449 e. The highest BCUT2D eigenvalue weighted by atomic mass is 16.7. The molecule has 0 aromatic rings. The first-order valence-corrected chi connectivity index (χ1v) is 29.3. The highest BCUT2D eigenvalue weighted by Gasteiger charge is 2.45. The Kier molecular flexibility index (Phi) is 62.1. The summed E-state index contributed by atoms with van der Waals surface area (Å²) < 4.78 is 21.5. The maximum Gasteiger partial charge on any atom is 0.409 e. The Morgan fingerprint density at radius 1 is 0.518 bits per heavy atom. The Morgan fingerprint density at radius 2 is 0.952 bits per heavy atom. The van der Waals surface area contributed by atoms with Crippen LogP contribution in [0.3, 0.4) is 0 Å². The van der Waals surface area contributed by atoms with Crippen molar-refractivity contribution in [1.29, 1.82) is 0 Å². The zero-order chi connectivity index (χ0) is 62.4. The summed E-state index contributed by atoms with van der Waals surface area (Å²) >= 11 is 0. The quantitative estimate of drug-likeness (QED) is 0.0535. The lowest BCUT2D eigenvalue weighted by Gasteiger charge is -2.42. The SMILES string of the molecule is C.C.C.C.CC(C)CCC(=O)CNC(=O)CC(C)C.CC(C)CCN(C)C(=O)CC(=O)N(C)C(C)C.CC(C)CN(C)C(=O)N(C)CC(C)C.CC(C)COC(=O)N(C)CC(C)C.CC(C)CO[C@H]1OC(CO)[C@@H](OCC(C)C)[C@@H](O)C1O. The van der Waals surface area contributed by atoms with Crippen LogP contribution in [0.15, 0.2) is 0 Å². The maximum absolute atomic E-state index is 11.8. The van der Waals surface area contributed by atoms with Crippen molar-refractivity contribution in [3.8, 4) is 0 Å². The summed E-state index contributed by atoms with van der Waals surface area (Å²) in [4.78, 5) is 77.5. The fourth-order valence-corrected chi connectivity index (χ4v) is 6.93. The van der Waals surface area contributed by atoms with Crippen LogP contribution in [0.5, 0.6) is 0 Å². The van der Waals surface area contributed by atoms with Crippen LogP contribution in [0.25, 0.3) is 0 Å². The van der Waals surface area contributed by atoms with Crippen molar-refractivity contribution in [3.63, 3.8) is 0 Å². The van der Waals surface area contributed by atoms with Crippen molar-refractivity contribution in [1.82, 2.24) is 29.8 Å². The Balaban J connectivity index is -0.000000141. The van der Waals surface area contributed by atoms with Crippen LogP contribution in [-0.4, -0.2) is 207 Å². The van der Waals surface area contributed by atoms with Gasteiger partial charge in [0.05, 0.1) is 26.4 Å². The largest absolute Gasteiger partial charge is 0.449 e. The van der Waals surface area contributed by atoms with Crippen LogP contribution in [0.2, 0.25) is 0 Å². The van der Waals surface area contributed by atoms with Crippen LogP contribution >= 0.6 is 0 Å². The molecule has 1 saturated heterocycles. The number of nitrogens with zero attached hydrogens (tertiary/aromatic N) is 5. The highest BCUT2D eigenvalue weighted by molar-refractivity contribution is 5.96. The number of urea groups is 1. The van der Waals surface area contributed by atoms with E-state index >= 15 is 0 Å². The molecule has 0 bridgehead atoms. The number of aliphatic hydroxyl groups excluding tert-OH is 3. The average molecular weight is 1200 g/mol. The second-order valence-corrected chi connectivity index (χ2v) is 25.3. The van der Waals surface area contributed by atoms with Crippen molar-refractivity contribution >= 4 is 35.6 Å². The lowest BCUT2D eigenvalue weighted by molar-refractivity contribution is -0.309. The van der Waals surface area contributed by atoms with Crippen molar-refractivity contribution in [2.24, 2.45) is 53.3 Å². The number of nitrogens with one attached hydrogen (secondary N) is 1. The first-order chi connectivity index (χ1) is 36.3. The number of carbonyl (C=O) groups is 6. The molecule has 83 heavy (non-hydrogen) atoms. The molecular formula is C64H138N6O13. The molecule has 1 heterocycles. The predicted octanol–water partition coefficient (Wildman–Crippen LogP) is 11.2. The zero-order valence-corrected chi connectivity index (χ0v) is 54.7. The van der Waals surface area contributed by atoms with Gasteiger partial charge in [0.25, 0.3) is 0 Å². The van der Waals surface area contributed by atoms with Crippen molar-refractivity contribution in [2.75, 3.05) is 94.4 Å². The molecule has 1 aliphatic heterocycles. The van der Waals surface area contributed by atoms with Crippen LogP contribution < -0.4 is 5.32 Å². The lowest BCUT2D eigenvalue weighted by Crippen LogP contribution is -2.60. The fraction of sp³-hybridized carbons (Fsp3) is 0.906. The first-order valence-electron chi connectivity index (χ1n) is 29.3. The number of carbonyl (C=O) groups excluding carboxylic acids is 6. The number of Topliss-reactive ketones (excluding diaryl/α,β-unsaturated/α-hetero) is 1. The fourth-order valence-electron chi connectivity index (χ4n) is 6.93. The highest BCUT2D eigenvalue weighted by Crippen LogP contribution is 2.25. The predicted molar refractivity (Wildman–Crippen MR) is 345 cm³/mol. The van der Waals surface area contributed by atoms with Gasteiger partial charge in [0, 0.05) is 86.9 Å². The van der Waals surface area contributed by atoms with Crippen LogP contribution in [0.4, 0.5) is 9.59 Å². The molecule has 5 atom stereocenters. The minimum atomic E-state index is -1.19. The molecule has 0 saturated carbocycles. The summed E-state index contributed by atoms with van der Waals surface area (Å²) in [7, 11) is 8.97. The van der Waals surface area contributed by atoms with Gasteiger partial charge in [0.15, 0.2) is 12.1 Å². The average Bonchev–Trinajstić information content (AvgIpc) is 3.32. The summed E-state index contributed by atoms with van der Waals surface area (Å²) in [5.41, 5.74) is 0. The normalized spacial score (nSPS) is 16.1. The van der Waals surface area contributed by atoms with Gasteiger partial charge in [-0.1, -0.05) is 154 Å². The van der Waals surface area contributed by atoms with Gasteiger partial charge in [-0.2, -0.15) is 0 Å². The Hall–Kier alpha value is -3.62. The molecule has 1 fully saturated rings. The maximum atomic E-state index is 11.8. The van der Waals surface area contributed by atoms with Gasteiger partial charge < -0.3 is 64.1 Å². The van der Waals surface area contributed by atoms with E-state index in [0.717, 1.165) is 39.0 Å². The van der Waals surface area contributed by atoms with E-state index in [4.69, 9.17) is 18.9 Å². The zero-order valence-electron chi connectivity index (χ0n) is 54.7. The van der Waals surface area contributed by atoms with E-state index < -0.39 is 30.7 Å². The van der Waals surface area contributed by atoms with E-state index in [1.165, 1.54) is 0 Å². The molecule has 0 aliphatic carbocycles. The molecule has 6 amide bonds. The van der Waals surface area contributed by atoms with Crippen LogP contribution in [0.1, 0.15) is 200 Å². The Labute approximate surface area is 511 Å². The summed E-state index contributed by atoms with van der Waals surface area (Å²) in [6, 6.07) is 0.253. The third-order valence-electron chi connectivity index (χ3n) is 11.5. The molecule has 19 nitrogen and oxygen atoms in total. The number of hydrogen-bond donors (Lipinski definition) is 4. The number of ketones is 1. The number of rotatable bonds is 28. The summed E-state index contributed by atoms with van der Waals surface area (Å²) in [5.74, 6) is 3.85. The third kappa shape index (κ3) is 53.6. The Bertz CT molecular complexity index is 1590. The molecule has 0 aromatic heterocycles. The van der Waals surface area contributed by atoms with Gasteiger partial charge in [-0.25, -0.2) is 9.59 Å². The molecule has 19 heteroatoms. The number of hydrogen-bond acceptors (Lipinski definition) is 13. The summed E-state index contributed by atoms with van der Waals surface area (Å²) in [6.07, 6.45) is -2.03. The van der Waals surface area contributed by atoms with Gasteiger partial charge in [-0.15, -0.1) is 0 Å². The van der Waals surface area contributed by atoms with Crippen molar-refractivity contribution in [2.45, 2.75) is 237 Å². The lowest BCUT2D eigenvalue weighted by atomic mass is 9.99. The molecule has 1 rings (SSSR count). The molecule has 0 radical (unpaired) electrons. The van der Waals surface area contributed by atoms with Gasteiger partial charge >= 0.3 is 12.1 Å². The van der Waals surface area contributed by atoms with Gasteiger partial charge in [0.2, 0.25) is 17.7 Å². The first kappa shape index (κ1) is 95.7. The molecular weight excluding hydrogens is 1060 g/mol. The van der Waals surface area contributed by atoms with Crippen molar-refractivity contribution < 1.29 is 63.0 Å². The minimum absolute atomic E-state index is 0. The topological polar surface area (TPSA) is 228 Å². The van der Waals surface area contributed by atoms with Gasteiger partial charge in [0.1, 0.15) is 30.8 Å². The molecule has 1 aliphatic rings. The summed E-state index contributed by atoms with van der Waals surface area (Å²) in [6.45, 7) is 45.2. The van der Waals surface area contributed by atoms with E-state index in [2.05, 4.69) is 74.6 Å². The van der Waals surface area contributed by atoms with E-state index in [1.54, 1.807) is 45.6 Å². The molecule has 0 aromatic carbocycles. The van der Waals surface area contributed by atoms with Crippen LogP contribution in [0, 0.1) is 53.3 Å². The standard InChI is InChI=1S/C14H28O6.C13H26N2O2.C12H23NO2.C11H24N2O.C10H21NO2.4CH4/c1-8(2)6-18-13-10(5-15)20-14(12(17)11(13)16)19-7-9(3)4;1-10(2)7-8-14(5)12(16)9-13(17)15(6)11(3)4;1-9(2)5-6-11(14)8-13-12(15)7-10(3)4;1-9(2)7-12(5)11(14)13(6)8-10(3)4;1-8(2)6-11(5)10(12)13-7-9(3)4;;;;/h8-17H,5-7H2,1-4H3;10-11H,7-9H2,1-6H3;9-10H,5-8H2,1-4H3,(H,13,15);9-10H,7-8H2,1-6H3;8-9H,6-7H2,1-5H3;4*1H4/t10?,11-,12?,13+,14-;;;;;;;;/m0......../s1. The third-order valence-corrected chi connectivity index (χ3v) is 11.5. The van der Waals surface area contributed by atoms with Crippen molar-refractivity contribution in [3.05, 3.63) is 0 Å². The van der Waals surface area contributed by atoms with E-state index in [-0.39, 0.29) is 103 Å². The molecule has 502 valence electrons. The van der Waals surface area contributed by atoms with Gasteiger partial charge in [-0.05, 0) is 80.0 Å². The van der Waals surface area contributed by atoms with Crippen LogP contribution in [-0.2, 0) is 38.1 Å².